The number of ether oxygens (including phenoxy) is 1. The zero-order valence-corrected chi connectivity index (χ0v) is 12.6. The van der Waals surface area contributed by atoms with Crippen molar-refractivity contribution < 1.29 is 14.6 Å². The van der Waals surface area contributed by atoms with E-state index in [4.69, 9.17) is 4.74 Å². The summed E-state index contributed by atoms with van der Waals surface area (Å²) in [5, 5.41) is 12.5. The Hall–Kier alpha value is -0.810. The predicted octanol–water partition coefficient (Wildman–Crippen LogP) is 1.60. The third-order valence-electron chi connectivity index (χ3n) is 3.23. The first-order valence-corrected chi connectivity index (χ1v) is 7.13. The van der Waals surface area contributed by atoms with E-state index in [9.17, 15) is 9.90 Å². The number of aliphatic hydroxyl groups excluding tert-OH is 1. The van der Waals surface area contributed by atoms with Gasteiger partial charge < -0.3 is 20.1 Å². The van der Waals surface area contributed by atoms with Gasteiger partial charge in [0, 0.05) is 13.1 Å². The molecule has 1 aliphatic rings. The van der Waals surface area contributed by atoms with Gasteiger partial charge in [0.25, 0.3) is 0 Å². The molecule has 0 spiro atoms. The first-order chi connectivity index (χ1) is 8.76. The van der Waals surface area contributed by atoms with Gasteiger partial charge in [-0.1, -0.05) is 6.92 Å². The number of nitrogens with zero attached hydrogens (tertiary/aromatic N) is 1. The second-order valence-corrected chi connectivity index (χ2v) is 6.52. The molecule has 0 saturated carbocycles. The summed E-state index contributed by atoms with van der Waals surface area (Å²) >= 11 is 0. The Labute approximate surface area is 116 Å². The van der Waals surface area contributed by atoms with Gasteiger partial charge in [-0.15, -0.1) is 0 Å². The number of alkyl carbamates (subject to hydrolysis) is 1. The van der Waals surface area contributed by atoms with Crippen molar-refractivity contribution >= 4 is 6.09 Å². The van der Waals surface area contributed by atoms with Crippen LogP contribution in [0.4, 0.5) is 4.79 Å². The van der Waals surface area contributed by atoms with Gasteiger partial charge in [0.15, 0.2) is 0 Å². The molecule has 0 aromatic rings. The van der Waals surface area contributed by atoms with Crippen LogP contribution in [0.25, 0.3) is 0 Å². The highest BCUT2D eigenvalue weighted by Crippen LogP contribution is 2.15. The lowest BCUT2D eigenvalue weighted by atomic mass is 9.99. The third kappa shape index (κ3) is 7.38. The topological polar surface area (TPSA) is 61.8 Å². The number of rotatable bonds is 4. The molecule has 5 nitrogen and oxygen atoms in total. The fourth-order valence-electron chi connectivity index (χ4n) is 2.12. The Balaban J connectivity index is 2.17. The summed E-state index contributed by atoms with van der Waals surface area (Å²) in [6.07, 6.45) is 1.36. The second kappa shape index (κ2) is 7.10. The first-order valence-electron chi connectivity index (χ1n) is 7.13. The van der Waals surface area contributed by atoms with E-state index in [0.29, 0.717) is 6.54 Å². The van der Waals surface area contributed by atoms with Crippen molar-refractivity contribution in [2.24, 2.45) is 5.92 Å². The molecule has 5 heteroatoms. The van der Waals surface area contributed by atoms with Gasteiger partial charge in [-0.2, -0.15) is 0 Å². The molecule has 0 bridgehead atoms. The van der Waals surface area contributed by atoms with Crippen LogP contribution in [0.1, 0.15) is 40.5 Å². The van der Waals surface area contributed by atoms with E-state index < -0.39 is 17.8 Å². The number of hydrogen-bond donors (Lipinski definition) is 2. The van der Waals surface area contributed by atoms with Gasteiger partial charge in [0.1, 0.15) is 5.60 Å². The van der Waals surface area contributed by atoms with Crippen LogP contribution in [0.15, 0.2) is 0 Å². The Morgan fingerprint density at radius 1 is 1.42 bits per heavy atom. The van der Waals surface area contributed by atoms with Crippen molar-refractivity contribution in [2.75, 3.05) is 26.2 Å². The van der Waals surface area contributed by atoms with E-state index >= 15 is 0 Å². The molecule has 112 valence electrons. The van der Waals surface area contributed by atoms with Crippen LogP contribution in [0.3, 0.4) is 0 Å². The summed E-state index contributed by atoms with van der Waals surface area (Å²) in [4.78, 5) is 13.7. The smallest absolute Gasteiger partial charge is 0.407 e. The van der Waals surface area contributed by atoms with E-state index in [1.165, 1.54) is 12.8 Å². The number of carbonyl (C=O) groups is 1. The number of likely N-dealkylation sites (tertiary alicyclic amines) is 1. The zero-order valence-electron chi connectivity index (χ0n) is 12.6. The molecule has 1 aliphatic heterocycles. The van der Waals surface area contributed by atoms with E-state index in [1.54, 1.807) is 0 Å². The molecule has 19 heavy (non-hydrogen) atoms. The Morgan fingerprint density at radius 2 is 2.00 bits per heavy atom. The molecule has 1 atom stereocenters. The normalized spacial score (nSPS) is 20.1. The van der Waals surface area contributed by atoms with E-state index in [0.717, 1.165) is 19.0 Å². The van der Waals surface area contributed by atoms with Crippen LogP contribution in [0.2, 0.25) is 0 Å². The molecule has 0 radical (unpaired) electrons. The van der Waals surface area contributed by atoms with Crippen LogP contribution < -0.4 is 5.32 Å². The van der Waals surface area contributed by atoms with Gasteiger partial charge in [-0.3, -0.25) is 0 Å². The minimum Gasteiger partial charge on any atom is -0.444 e. The molecule has 1 amide bonds. The zero-order chi connectivity index (χ0) is 14.5. The molecule has 2 N–H and O–H groups in total. The van der Waals surface area contributed by atoms with Crippen LogP contribution >= 0.6 is 0 Å². The first kappa shape index (κ1) is 16.2. The molecule has 0 aromatic carbocycles. The van der Waals surface area contributed by atoms with E-state index in [-0.39, 0.29) is 6.54 Å². The summed E-state index contributed by atoms with van der Waals surface area (Å²) in [6.45, 7) is 10.6. The molecule has 1 saturated heterocycles. The van der Waals surface area contributed by atoms with E-state index in [2.05, 4.69) is 17.1 Å². The van der Waals surface area contributed by atoms with Crippen molar-refractivity contribution in [3.8, 4) is 0 Å². The Morgan fingerprint density at radius 3 is 2.53 bits per heavy atom. The van der Waals surface area contributed by atoms with Gasteiger partial charge in [0.05, 0.1) is 6.10 Å². The minimum absolute atomic E-state index is 0.237. The van der Waals surface area contributed by atoms with Crippen molar-refractivity contribution in [3.63, 3.8) is 0 Å². The number of β-amino-alcohol motifs (C(OH)–C–C–N with tert-alkyl or cyclic N) is 1. The summed E-state index contributed by atoms with van der Waals surface area (Å²) in [5.41, 5.74) is -0.502. The maximum Gasteiger partial charge on any atom is 0.407 e. The highest BCUT2D eigenvalue weighted by molar-refractivity contribution is 5.67. The van der Waals surface area contributed by atoms with Gasteiger partial charge >= 0.3 is 6.09 Å². The summed E-state index contributed by atoms with van der Waals surface area (Å²) in [6, 6.07) is 0. The lowest BCUT2D eigenvalue weighted by molar-refractivity contribution is 0.0455. The standard InChI is InChI=1S/C14H28N2O3/c1-11-5-7-16(8-6-11)10-12(17)9-15-13(18)19-14(2,3)4/h11-12,17H,5-10H2,1-4H3,(H,15,18)/t12-/m1/s1. The third-order valence-corrected chi connectivity index (χ3v) is 3.23. The van der Waals surface area contributed by atoms with Gasteiger partial charge in [-0.05, 0) is 52.6 Å². The van der Waals surface area contributed by atoms with Crippen molar-refractivity contribution in [2.45, 2.75) is 52.2 Å². The largest absolute Gasteiger partial charge is 0.444 e. The Bertz CT molecular complexity index is 281. The maximum atomic E-state index is 11.4. The average molecular weight is 272 g/mol. The number of carbonyl (C=O) groups excluding carboxylic acids is 1. The summed E-state index contributed by atoms with van der Waals surface area (Å²) in [5.74, 6) is 0.785. The molecule has 0 aliphatic carbocycles. The number of hydrogen-bond acceptors (Lipinski definition) is 4. The molecule has 1 fully saturated rings. The molecular formula is C14H28N2O3. The van der Waals surface area contributed by atoms with Crippen LogP contribution in [-0.4, -0.2) is 54.0 Å². The lowest BCUT2D eigenvalue weighted by Gasteiger charge is -2.31. The van der Waals surface area contributed by atoms with E-state index in [1.807, 2.05) is 20.8 Å². The molecule has 0 aromatic heterocycles. The van der Waals surface area contributed by atoms with Gasteiger partial charge in [0.2, 0.25) is 0 Å². The SMILES string of the molecule is CC1CCN(C[C@H](O)CNC(=O)OC(C)(C)C)CC1. The molecular weight excluding hydrogens is 244 g/mol. The highest BCUT2D eigenvalue weighted by atomic mass is 16.6. The quantitative estimate of drug-likeness (QED) is 0.816. The highest BCUT2D eigenvalue weighted by Gasteiger charge is 2.20. The lowest BCUT2D eigenvalue weighted by Crippen LogP contribution is -2.43. The molecule has 1 rings (SSSR count). The maximum absolute atomic E-state index is 11.4. The van der Waals surface area contributed by atoms with Gasteiger partial charge in [-0.25, -0.2) is 4.79 Å². The fourth-order valence-corrected chi connectivity index (χ4v) is 2.12. The number of aliphatic hydroxyl groups is 1. The van der Waals surface area contributed by atoms with Crippen molar-refractivity contribution in [1.29, 1.82) is 0 Å². The number of amides is 1. The molecule has 1 heterocycles. The number of piperidine rings is 1. The summed E-state index contributed by atoms with van der Waals surface area (Å²) in [7, 11) is 0. The Kier molecular flexibility index (Phi) is 6.07. The van der Waals surface area contributed by atoms with Crippen molar-refractivity contribution in [1.82, 2.24) is 10.2 Å². The van der Waals surface area contributed by atoms with Crippen LogP contribution in [0, 0.1) is 5.92 Å². The molecule has 0 unspecified atom stereocenters. The fraction of sp³-hybridized carbons (Fsp3) is 0.929. The minimum atomic E-state index is -0.541. The predicted molar refractivity (Wildman–Crippen MR) is 75.1 cm³/mol. The second-order valence-electron chi connectivity index (χ2n) is 6.52. The average Bonchev–Trinajstić information content (AvgIpc) is 2.27. The summed E-state index contributed by atoms with van der Waals surface area (Å²) < 4.78 is 5.12. The monoisotopic (exact) mass is 272 g/mol. The number of nitrogens with one attached hydrogen (secondary N) is 1. The van der Waals surface area contributed by atoms with Crippen molar-refractivity contribution in [3.05, 3.63) is 0 Å². The van der Waals surface area contributed by atoms with Crippen LogP contribution in [0.5, 0.6) is 0 Å². The van der Waals surface area contributed by atoms with Crippen LogP contribution in [-0.2, 0) is 4.74 Å².